The fourth-order valence-corrected chi connectivity index (χ4v) is 1.52. The fraction of sp³-hybridized carbons (Fsp3) is 0. The topological polar surface area (TPSA) is 39.6 Å². The van der Waals surface area contributed by atoms with Gasteiger partial charge in [-0.1, -0.05) is 24.1 Å². The molecule has 2 rings (SSSR count). The maximum Gasteiger partial charge on any atom is 0.101 e. The van der Waals surface area contributed by atoms with Crippen molar-refractivity contribution in [3.05, 3.63) is 47.8 Å². The molecule has 0 saturated carbocycles. The third kappa shape index (κ3) is 1.49. The molecule has 0 radical (unpaired) electrons. The molecule has 0 amide bonds. The summed E-state index contributed by atoms with van der Waals surface area (Å²) in [4.78, 5) is 2.91. The number of rotatable bonds is 1. The number of benzene rings is 1. The molecule has 0 bridgehead atoms. The van der Waals surface area contributed by atoms with E-state index in [2.05, 4.69) is 17.0 Å². The Hall–Kier alpha value is -2.45. The lowest BCUT2D eigenvalue weighted by Crippen LogP contribution is -1.83. The Kier molecular flexibility index (Phi) is 2.27. The molecule has 0 saturated heterocycles. The van der Waals surface area contributed by atoms with E-state index in [1.54, 1.807) is 12.4 Å². The molecule has 0 aliphatic rings. The van der Waals surface area contributed by atoms with Crippen LogP contribution in [0.25, 0.3) is 11.1 Å². The van der Waals surface area contributed by atoms with E-state index in [0.29, 0.717) is 5.56 Å². The molecule has 1 heterocycles. The summed E-state index contributed by atoms with van der Waals surface area (Å²) >= 11 is 0. The van der Waals surface area contributed by atoms with Crippen molar-refractivity contribution in [3.8, 4) is 29.5 Å². The first-order valence-corrected chi connectivity index (χ1v) is 4.49. The van der Waals surface area contributed by atoms with Crippen molar-refractivity contribution in [2.75, 3.05) is 0 Å². The lowest BCUT2D eigenvalue weighted by Gasteiger charge is -2.01. The summed E-state index contributed by atoms with van der Waals surface area (Å²) in [6.45, 7) is 0. The lowest BCUT2D eigenvalue weighted by molar-refractivity contribution is 1.40. The van der Waals surface area contributed by atoms with Gasteiger partial charge < -0.3 is 4.98 Å². The van der Waals surface area contributed by atoms with Crippen LogP contribution in [0.15, 0.2) is 36.7 Å². The van der Waals surface area contributed by atoms with E-state index >= 15 is 0 Å². The molecule has 0 fully saturated rings. The highest BCUT2D eigenvalue weighted by Gasteiger charge is 2.08. The van der Waals surface area contributed by atoms with Crippen LogP contribution < -0.4 is 0 Å². The molecule has 2 aromatic rings. The Balaban J connectivity index is 2.66. The van der Waals surface area contributed by atoms with Crippen molar-refractivity contribution < 1.29 is 0 Å². The zero-order valence-corrected chi connectivity index (χ0v) is 7.99. The van der Waals surface area contributed by atoms with Gasteiger partial charge in [0.1, 0.15) is 6.07 Å². The van der Waals surface area contributed by atoms with Crippen LogP contribution in [0.1, 0.15) is 11.1 Å². The molecule has 1 N–H and O–H groups in total. The van der Waals surface area contributed by atoms with E-state index < -0.39 is 0 Å². The highest BCUT2D eigenvalue weighted by molar-refractivity contribution is 5.75. The van der Waals surface area contributed by atoms with Crippen molar-refractivity contribution >= 4 is 0 Å². The third-order valence-electron chi connectivity index (χ3n) is 2.24. The number of nitriles is 1. The van der Waals surface area contributed by atoms with Crippen LogP contribution in [-0.4, -0.2) is 4.98 Å². The van der Waals surface area contributed by atoms with Crippen molar-refractivity contribution in [1.29, 1.82) is 5.26 Å². The summed E-state index contributed by atoms with van der Waals surface area (Å²) in [5.74, 6) is 2.61. The van der Waals surface area contributed by atoms with Crippen LogP contribution in [-0.2, 0) is 0 Å². The largest absolute Gasteiger partial charge is 0.366 e. The average molecular weight is 192 g/mol. The maximum absolute atomic E-state index is 8.91. The number of aromatic amines is 1. The van der Waals surface area contributed by atoms with E-state index in [1.165, 1.54) is 0 Å². The van der Waals surface area contributed by atoms with Crippen molar-refractivity contribution in [2.45, 2.75) is 0 Å². The monoisotopic (exact) mass is 192 g/mol. The zero-order valence-electron chi connectivity index (χ0n) is 7.99. The molecule has 0 unspecified atom stereocenters. The number of nitrogens with zero attached hydrogens (tertiary/aromatic N) is 1. The van der Waals surface area contributed by atoms with Gasteiger partial charge in [0.25, 0.3) is 0 Å². The molecular weight excluding hydrogens is 184 g/mol. The lowest BCUT2D eigenvalue weighted by atomic mass is 10.00. The summed E-state index contributed by atoms with van der Waals surface area (Å²) in [6, 6.07) is 9.70. The highest BCUT2D eigenvalue weighted by atomic mass is 14.6. The minimum absolute atomic E-state index is 0.609. The van der Waals surface area contributed by atoms with Gasteiger partial charge in [-0.25, -0.2) is 0 Å². The van der Waals surface area contributed by atoms with Crippen LogP contribution in [0.3, 0.4) is 0 Å². The van der Waals surface area contributed by atoms with Gasteiger partial charge >= 0.3 is 0 Å². The SMILES string of the molecule is C#Cc1ccccc1-c1c[nH]cc1C#N. The third-order valence-corrected chi connectivity index (χ3v) is 2.24. The molecule has 1 aromatic heterocycles. The minimum atomic E-state index is 0.609. The van der Waals surface area contributed by atoms with Crippen LogP contribution >= 0.6 is 0 Å². The van der Waals surface area contributed by atoms with Gasteiger partial charge in [0, 0.05) is 29.1 Å². The molecule has 0 aliphatic carbocycles. The molecule has 70 valence electrons. The summed E-state index contributed by atoms with van der Waals surface area (Å²) in [6.07, 6.45) is 8.86. The first kappa shape index (κ1) is 9.12. The van der Waals surface area contributed by atoms with Crippen molar-refractivity contribution in [3.63, 3.8) is 0 Å². The quantitative estimate of drug-likeness (QED) is 0.693. The first-order chi connectivity index (χ1) is 7.36. The molecule has 2 heteroatoms. The summed E-state index contributed by atoms with van der Waals surface area (Å²) < 4.78 is 0. The molecule has 0 aliphatic heterocycles. The first-order valence-electron chi connectivity index (χ1n) is 4.49. The number of hydrogen-bond donors (Lipinski definition) is 1. The van der Waals surface area contributed by atoms with Gasteiger partial charge in [-0.3, -0.25) is 0 Å². The van der Waals surface area contributed by atoms with Gasteiger partial charge in [0.15, 0.2) is 0 Å². The summed E-state index contributed by atoms with van der Waals surface area (Å²) in [5.41, 5.74) is 3.18. The molecule has 2 nitrogen and oxygen atoms in total. The van der Waals surface area contributed by atoms with E-state index in [4.69, 9.17) is 11.7 Å². The van der Waals surface area contributed by atoms with Crippen LogP contribution in [0.2, 0.25) is 0 Å². The van der Waals surface area contributed by atoms with Gasteiger partial charge in [0.05, 0.1) is 5.56 Å². The van der Waals surface area contributed by atoms with Gasteiger partial charge in [-0.05, 0) is 6.07 Å². The second kappa shape index (κ2) is 3.74. The molecule has 1 aromatic carbocycles. The van der Waals surface area contributed by atoms with Gasteiger partial charge in [-0.2, -0.15) is 5.26 Å². The second-order valence-corrected chi connectivity index (χ2v) is 3.08. The highest BCUT2D eigenvalue weighted by Crippen LogP contribution is 2.25. The molecule has 0 spiro atoms. The van der Waals surface area contributed by atoms with E-state index in [9.17, 15) is 0 Å². The van der Waals surface area contributed by atoms with E-state index in [1.807, 2.05) is 24.3 Å². The van der Waals surface area contributed by atoms with E-state index in [0.717, 1.165) is 16.7 Å². The smallest absolute Gasteiger partial charge is 0.101 e. The standard InChI is InChI=1S/C13H8N2/c1-2-10-5-3-4-6-12(10)13-9-15-8-11(13)7-14/h1,3-6,8-9,15H. The number of terminal acetylenes is 1. The van der Waals surface area contributed by atoms with Crippen LogP contribution in [0, 0.1) is 23.7 Å². The van der Waals surface area contributed by atoms with Crippen molar-refractivity contribution in [1.82, 2.24) is 4.98 Å². The predicted octanol–water partition coefficient (Wildman–Crippen LogP) is 2.53. The van der Waals surface area contributed by atoms with E-state index in [-0.39, 0.29) is 0 Å². The van der Waals surface area contributed by atoms with Gasteiger partial charge in [-0.15, -0.1) is 6.42 Å². The molecular formula is C13H8N2. The summed E-state index contributed by atoms with van der Waals surface area (Å²) in [5, 5.41) is 8.91. The Labute approximate surface area is 88.2 Å². The van der Waals surface area contributed by atoms with Crippen molar-refractivity contribution in [2.24, 2.45) is 0 Å². The number of nitrogens with one attached hydrogen (secondary N) is 1. The normalized spacial score (nSPS) is 9.20. The Bertz CT molecular complexity index is 565. The predicted molar refractivity (Wildman–Crippen MR) is 58.9 cm³/mol. The summed E-state index contributed by atoms with van der Waals surface area (Å²) in [7, 11) is 0. The Morgan fingerprint density at radius 1 is 1.07 bits per heavy atom. The van der Waals surface area contributed by atoms with Gasteiger partial charge in [0.2, 0.25) is 0 Å². The zero-order chi connectivity index (χ0) is 10.7. The molecule has 15 heavy (non-hydrogen) atoms. The van der Waals surface area contributed by atoms with Crippen LogP contribution in [0.5, 0.6) is 0 Å². The number of hydrogen-bond acceptors (Lipinski definition) is 1. The molecule has 0 atom stereocenters. The minimum Gasteiger partial charge on any atom is -0.366 e. The fourth-order valence-electron chi connectivity index (χ4n) is 1.52. The number of aromatic nitrogens is 1. The Morgan fingerprint density at radius 3 is 2.60 bits per heavy atom. The second-order valence-electron chi connectivity index (χ2n) is 3.08. The van der Waals surface area contributed by atoms with Crippen LogP contribution in [0.4, 0.5) is 0 Å². The Morgan fingerprint density at radius 2 is 1.87 bits per heavy atom. The number of H-pyrrole nitrogens is 1. The maximum atomic E-state index is 8.91. The average Bonchev–Trinajstić information content (AvgIpc) is 2.76.